The number of halogens is 3. The first kappa shape index (κ1) is 17.4. The highest BCUT2D eigenvalue weighted by molar-refractivity contribution is 6.32. The standard InChI is InChI=1S/C16H14Cl2FNO3/c1-9(23-14-6-4-11(19)8-12(14)18)16(21)20-13-7-10(17)3-5-15(13)22-2/h3-9H,1-2H3,(H,20,21)/t9-/m0/s1. The molecule has 2 rings (SSSR count). The Bertz CT molecular complexity index is 724. The van der Waals surface area contributed by atoms with Gasteiger partial charge in [-0.15, -0.1) is 0 Å². The maximum absolute atomic E-state index is 13.0. The number of anilines is 1. The molecule has 122 valence electrons. The molecule has 0 radical (unpaired) electrons. The van der Waals surface area contributed by atoms with Crippen molar-refractivity contribution in [2.24, 2.45) is 0 Å². The summed E-state index contributed by atoms with van der Waals surface area (Å²) in [4.78, 5) is 12.2. The summed E-state index contributed by atoms with van der Waals surface area (Å²) in [6, 6.07) is 8.53. The zero-order chi connectivity index (χ0) is 17.0. The Hall–Kier alpha value is -1.98. The van der Waals surface area contributed by atoms with E-state index in [-0.39, 0.29) is 10.8 Å². The van der Waals surface area contributed by atoms with Crippen molar-refractivity contribution in [3.05, 3.63) is 52.3 Å². The molecule has 0 saturated heterocycles. The molecule has 4 nitrogen and oxygen atoms in total. The fourth-order valence-corrected chi connectivity index (χ4v) is 2.21. The van der Waals surface area contributed by atoms with Gasteiger partial charge in [0.1, 0.15) is 17.3 Å². The van der Waals surface area contributed by atoms with Gasteiger partial charge in [0, 0.05) is 5.02 Å². The third-order valence-corrected chi connectivity index (χ3v) is 3.52. The second-order valence-corrected chi connectivity index (χ2v) is 5.51. The molecule has 2 aromatic rings. The first-order chi connectivity index (χ1) is 10.9. The smallest absolute Gasteiger partial charge is 0.265 e. The average molecular weight is 358 g/mol. The van der Waals surface area contributed by atoms with Gasteiger partial charge in [-0.1, -0.05) is 23.2 Å². The zero-order valence-electron chi connectivity index (χ0n) is 12.4. The lowest BCUT2D eigenvalue weighted by atomic mass is 10.2. The Morgan fingerprint density at radius 2 is 1.87 bits per heavy atom. The van der Waals surface area contributed by atoms with Crippen LogP contribution in [-0.4, -0.2) is 19.1 Å². The van der Waals surface area contributed by atoms with E-state index in [1.54, 1.807) is 25.1 Å². The molecule has 0 unspecified atom stereocenters. The lowest BCUT2D eigenvalue weighted by molar-refractivity contribution is -0.122. The van der Waals surface area contributed by atoms with Crippen molar-refractivity contribution in [1.82, 2.24) is 0 Å². The van der Waals surface area contributed by atoms with Gasteiger partial charge >= 0.3 is 0 Å². The SMILES string of the molecule is COc1ccc(Cl)cc1NC(=O)[C@H](C)Oc1ccc(F)cc1Cl. The summed E-state index contributed by atoms with van der Waals surface area (Å²) in [6.45, 7) is 1.55. The van der Waals surface area contributed by atoms with Crippen LogP contribution >= 0.6 is 23.2 Å². The number of ether oxygens (including phenoxy) is 2. The molecule has 1 amide bonds. The zero-order valence-corrected chi connectivity index (χ0v) is 13.9. The van der Waals surface area contributed by atoms with Crippen LogP contribution in [0.25, 0.3) is 0 Å². The fraction of sp³-hybridized carbons (Fsp3) is 0.188. The van der Waals surface area contributed by atoms with Crippen LogP contribution in [0.4, 0.5) is 10.1 Å². The van der Waals surface area contributed by atoms with Crippen molar-refractivity contribution in [2.45, 2.75) is 13.0 Å². The van der Waals surface area contributed by atoms with E-state index in [1.807, 2.05) is 0 Å². The summed E-state index contributed by atoms with van der Waals surface area (Å²) in [5, 5.41) is 3.21. The van der Waals surface area contributed by atoms with E-state index in [0.717, 1.165) is 6.07 Å². The molecule has 0 fully saturated rings. The molecule has 0 spiro atoms. The first-order valence-corrected chi connectivity index (χ1v) is 7.42. The summed E-state index contributed by atoms with van der Waals surface area (Å²) < 4.78 is 23.6. The minimum Gasteiger partial charge on any atom is -0.495 e. The van der Waals surface area contributed by atoms with Crippen molar-refractivity contribution in [3.63, 3.8) is 0 Å². The van der Waals surface area contributed by atoms with E-state index in [2.05, 4.69) is 5.32 Å². The summed E-state index contributed by atoms with van der Waals surface area (Å²) >= 11 is 11.8. The highest BCUT2D eigenvalue weighted by Gasteiger charge is 2.18. The lowest BCUT2D eigenvalue weighted by Gasteiger charge is -2.17. The minimum atomic E-state index is -0.860. The van der Waals surface area contributed by atoms with E-state index in [9.17, 15) is 9.18 Å². The van der Waals surface area contributed by atoms with Crippen molar-refractivity contribution in [1.29, 1.82) is 0 Å². The molecular weight excluding hydrogens is 344 g/mol. The summed E-state index contributed by atoms with van der Waals surface area (Å²) in [5.41, 5.74) is 0.422. The Labute approximate surface area is 143 Å². The summed E-state index contributed by atoms with van der Waals surface area (Å²) in [5.74, 6) is -0.224. The van der Waals surface area contributed by atoms with Crippen molar-refractivity contribution >= 4 is 34.8 Å². The van der Waals surface area contributed by atoms with Gasteiger partial charge in [0.25, 0.3) is 5.91 Å². The van der Waals surface area contributed by atoms with Gasteiger partial charge in [0.15, 0.2) is 6.10 Å². The number of benzene rings is 2. The van der Waals surface area contributed by atoms with Gasteiger partial charge in [-0.25, -0.2) is 4.39 Å². The molecule has 0 aliphatic carbocycles. The summed E-state index contributed by atoms with van der Waals surface area (Å²) in [7, 11) is 1.48. The lowest BCUT2D eigenvalue weighted by Crippen LogP contribution is -2.30. The molecule has 0 heterocycles. The monoisotopic (exact) mass is 357 g/mol. The van der Waals surface area contributed by atoms with Crippen LogP contribution in [0.5, 0.6) is 11.5 Å². The quantitative estimate of drug-likeness (QED) is 0.853. The molecule has 0 aromatic heterocycles. The Morgan fingerprint density at radius 3 is 2.52 bits per heavy atom. The van der Waals surface area contributed by atoms with Gasteiger partial charge in [-0.05, 0) is 43.3 Å². The molecule has 2 aromatic carbocycles. The maximum Gasteiger partial charge on any atom is 0.265 e. The molecule has 1 N–H and O–H groups in total. The normalized spacial score (nSPS) is 11.7. The number of amides is 1. The Morgan fingerprint density at radius 1 is 1.17 bits per heavy atom. The Kier molecular flexibility index (Phi) is 5.69. The number of carbonyl (C=O) groups excluding carboxylic acids is 1. The topological polar surface area (TPSA) is 47.6 Å². The first-order valence-electron chi connectivity index (χ1n) is 6.67. The minimum absolute atomic E-state index is 0.0880. The third-order valence-electron chi connectivity index (χ3n) is 2.99. The molecule has 7 heteroatoms. The number of nitrogens with one attached hydrogen (secondary N) is 1. The number of rotatable bonds is 5. The van der Waals surface area contributed by atoms with Crippen molar-refractivity contribution < 1.29 is 18.7 Å². The predicted molar refractivity (Wildman–Crippen MR) is 88.1 cm³/mol. The molecule has 1 atom stereocenters. The molecule has 0 bridgehead atoms. The van der Waals surface area contributed by atoms with Crippen LogP contribution in [-0.2, 0) is 4.79 Å². The van der Waals surface area contributed by atoms with Gasteiger partial charge in [0.05, 0.1) is 17.8 Å². The highest BCUT2D eigenvalue weighted by atomic mass is 35.5. The van der Waals surface area contributed by atoms with E-state index in [4.69, 9.17) is 32.7 Å². The van der Waals surface area contributed by atoms with Crippen molar-refractivity contribution in [2.75, 3.05) is 12.4 Å². The number of hydrogen-bond donors (Lipinski definition) is 1. The van der Waals surface area contributed by atoms with Gasteiger partial charge in [-0.2, -0.15) is 0 Å². The van der Waals surface area contributed by atoms with E-state index in [0.29, 0.717) is 16.5 Å². The maximum atomic E-state index is 13.0. The average Bonchev–Trinajstić information content (AvgIpc) is 2.50. The predicted octanol–water partition coefficient (Wildman–Crippen LogP) is 4.55. The van der Waals surface area contributed by atoms with Crippen LogP contribution in [0.1, 0.15) is 6.92 Å². The fourth-order valence-electron chi connectivity index (χ4n) is 1.83. The van der Waals surface area contributed by atoms with Gasteiger partial charge in [0.2, 0.25) is 0 Å². The van der Waals surface area contributed by atoms with Crippen LogP contribution < -0.4 is 14.8 Å². The largest absolute Gasteiger partial charge is 0.495 e. The molecular formula is C16H14Cl2FNO3. The summed E-state index contributed by atoms with van der Waals surface area (Å²) in [6.07, 6.45) is -0.860. The van der Waals surface area contributed by atoms with Crippen molar-refractivity contribution in [3.8, 4) is 11.5 Å². The number of methoxy groups -OCH3 is 1. The molecule has 0 aliphatic heterocycles. The second-order valence-electron chi connectivity index (χ2n) is 4.67. The van der Waals surface area contributed by atoms with E-state index in [1.165, 1.54) is 19.2 Å². The van der Waals surface area contributed by atoms with Crippen LogP contribution in [0.3, 0.4) is 0 Å². The molecule has 0 saturated carbocycles. The third kappa shape index (κ3) is 4.50. The molecule has 23 heavy (non-hydrogen) atoms. The second kappa shape index (κ2) is 7.53. The van der Waals surface area contributed by atoms with Crippen LogP contribution in [0.15, 0.2) is 36.4 Å². The van der Waals surface area contributed by atoms with Crippen LogP contribution in [0, 0.1) is 5.82 Å². The number of hydrogen-bond acceptors (Lipinski definition) is 3. The van der Waals surface area contributed by atoms with E-state index < -0.39 is 17.8 Å². The van der Waals surface area contributed by atoms with Crippen LogP contribution in [0.2, 0.25) is 10.0 Å². The van der Waals surface area contributed by atoms with Gasteiger partial charge in [-0.3, -0.25) is 4.79 Å². The van der Waals surface area contributed by atoms with E-state index >= 15 is 0 Å². The number of carbonyl (C=O) groups is 1. The Balaban J connectivity index is 2.10. The molecule has 0 aliphatic rings. The van der Waals surface area contributed by atoms with Gasteiger partial charge < -0.3 is 14.8 Å². The highest BCUT2D eigenvalue weighted by Crippen LogP contribution is 2.29.